The van der Waals surface area contributed by atoms with Gasteiger partial charge in [-0.25, -0.2) is 14.4 Å². The lowest BCUT2D eigenvalue weighted by atomic mass is 10.1. The summed E-state index contributed by atoms with van der Waals surface area (Å²) < 4.78 is 52.7. The summed E-state index contributed by atoms with van der Waals surface area (Å²) in [5.74, 6) is -0.594. The zero-order valence-electron chi connectivity index (χ0n) is 17.8. The van der Waals surface area contributed by atoms with Crippen molar-refractivity contribution in [1.82, 2.24) is 19.9 Å². The van der Waals surface area contributed by atoms with Crippen LogP contribution in [0.4, 0.5) is 34.9 Å². The molecule has 11 heteroatoms. The highest BCUT2D eigenvalue weighted by molar-refractivity contribution is 5.61. The lowest BCUT2D eigenvalue weighted by Crippen LogP contribution is -2.05. The van der Waals surface area contributed by atoms with Crippen LogP contribution in [0.15, 0.2) is 77.3 Å². The highest BCUT2D eigenvalue weighted by atomic mass is 19.4. The Bertz CT molecular complexity index is 1320. The SMILES string of the molecule is Cc1cc(-c2nc(N=NCc3ccc(Nc4cccc(C(F)(F)F)c4)cn3)ncc2F)ccn1. The molecule has 0 unspecified atom stereocenters. The Hall–Kier alpha value is -4.28. The summed E-state index contributed by atoms with van der Waals surface area (Å²) in [7, 11) is 0. The van der Waals surface area contributed by atoms with Crippen LogP contribution in [0.1, 0.15) is 17.0 Å². The predicted molar refractivity (Wildman–Crippen MR) is 117 cm³/mol. The third kappa shape index (κ3) is 5.74. The highest BCUT2D eigenvalue weighted by Crippen LogP contribution is 2.31. The number of rotatable bonds is 6. The van der Waals surface area contributed by atoms with Crippen LogP contribution in [-0.2, 0) is 12.7 Å². The maximum Gasteiger partial charge on any atom is 0.416 e. The van der Waals surface area contributed by atoms with Gasteiger partial charge in [0.25, 0.3) is 5.95 Å². The molecule has 0 fully saturated rings. The molecule has 0 radical (unpaired) electrons. The zero-order chi connectivity index (χ0) is 24.1. The van der Waals surface area contributed by atoms with Gasteiger partial charge in [0.15, 0.2) is 5.82 Å². The largest absolute Gasteiger partial charge is 0.416 e. The number of anilines is 2. The second-order valence-electron chi connectivity index (χ2n) is 7.19. The fraction of sp³-hybridized carbons (Fsp3) is 0.130. The number of benzene rings is 1. The van der Waals surface area contributed by atoms with Gasteiger partial charge in [-0.15, -0.1) is 5.11 Å². The van der Waals surface area contributed by atoms with Crippen molar-refractivity contribution in [2.75, 3.05) is 5.32 Å². The normalized spacial score (nSPS) is 11.7. The molecule has 4 aromatic rings. The molecule has 0 aliphatic carbocycles. The molecule has 1 aromatic carbocycles. The van der Waals surface area contributed by atoms with Gasteiger partial charge in [-0.3, -0.25) is 9.97 Å². The molecule has 0 aliphatic heterocycles. The van der Waals surface area contributed by atoms with Gasteiger partial charge in [-0.05, 0) is 49.4 Å². The molecule has 172 valence electrons. The summed E-state index contributed by atoms with van der Waals surface area (Å²) in [6, 6.07) is 11.5. The second kappa shape index (κ2) is 9.69. The maximum absolute atomic E-state index is 14.2. The third-order valence-corrected chi connectivity index (χ3v) is 4.60. The monoisotopic (exact) mass is 467 g/mol. The molecule has 0 amide bonds. The first-order valence-electron chi connectivity index (χ1n) is 10.0. The average molecular weight is 467 g/mol. The van der Waals surface area contributed by atoms with E-state index in [0.717, 1.165) is 24.0 Å². The van der Waals surface area contributed by atoms with Crippen molar-refractivity contribution in [3.8, 4) is 11.3 Å². The van der Waals surface area contributed by atoms with Gasteiger partial charge in [0, 0.05) is 23.1 Å². The van der Waals surface area contributed by atoms with Crippen LogP contribution in [0.5, 0.6) is 0 Å². The van der Waals surface area contributed by atoms with Gasteiger partial charge in [0.05, 0.1) is 29.3 Å². The van der Waals surface area contributed by atoms with Crippen LogP contribution >= 0.6 is 0 Å². The fourth-order valence-corrected chi connectivity index (χ4v) is 3.00. The zero-order valence-corrected chi connectivity index (χ0v) is 17.8. The number of pyridine rings is 2. The van der Waals surface area contributed by atoms with Crippen molar-refractivity contribution in [2.24, 2.45) is 10.2 Å². The predicted octanol–water partition coefficient (Wildman–Crippen LogP) is 6.43. The minimum atomic E-state index is -4.42. The topological polar surface area (TPSA) is 88.3 Å². The van der Waals surface area contributed by atoms with E-state index >= 15 is 0 Å². The van der Waals surface area contributed by atoms with E-state index in [9.17, 15) is 17.6 Å². The van der Waals surface area contributed by atoms with E-state index in [1.807, 2.05) is 0 Å². The van der Waals surface area contributed by atoms with Crippen molar-refractivity contribution in [3.63, 3.8) is 0 Å². The van der Waals surface area contributed by atoms with Crippen molar-refractivity contribution in [3.05, 3.63) is 89.9 Å². The Morgan fingerprint density at radius 1 is 0.941 bits per heavy atom. The lowest BCUT2D eigenvalue weighted by molar-refractivity contribution is -0.137. The summed E-state index contributed by atoms with van der Waals surface area (Å²) in [5.41, 5.74) is 1.98. The number of alkyl halides is 3. The highest BCUT2D eigenvalue weighted by Gasteiger charge is 2.30. The Morgan fingerprint density at radius 3 is 2.53 bits per heavy atom. The first-order valence-corrected chi connectivity index (χ1v) is 10.0. The molecule has 1 N–H and O–H groups in total. The smallest absolute Gasteiger partial charge is 0.354 e. The van der Waals surface area contributed by atoms with E-state index in [1.54, 1.807) is 37.4 Å². The van der Waals surface area contributed by atoms with E-state index in [-0.39, 0.29) is 23.9 Å². The summed E-state index contributed by atoms with van der Waals surface area (Å²) in [4.78, 5) is 16.2. The van der Waals surface area contributed by atoms with E-state index < -0.39 is 17.6 Å². The summed E-state index contributed by atoms with van der Waals surface area (Å²) in [6.07, 6.45) is -0.357. The summed E-state index contributed by atoms with van der Waals surface area (Å²) in [6.45, 7) is 1.89. The quantitative estimate of drug-likeness (QED) is 0.261. The summed E-state index contributed by atoms with van der Waals surface area (Å²) >= 11 is 0. The molecular formula is C23H17F4N7. The number of hydrogen-bond acceptors (Lipinski definition) is 7. The number of aryl methyl sites for hydroxylation is 1. The molecule has 0 bridgehead atoms. The van der Waals surface area contributed by atoms with Crippen LogP contribution in [-0.4, -0.2) is 19.9 Å². The number of aromatic nitrogens is 4. The molecule has 34 heavy (non-hydrogen) atoms. The van der Waals surface area contributed by atoms with Gasteiger partial charge in [-0.2, -0.15) is 18.3 Å². The van der Waals surface area contributed by atoms with Crippen LogP contribution in [0, 0.1) is 12.7 Å². The Balaban J connectivity index is 1.41. The third-order valence-electron chi connectivity index (χ3n) is 4.60. The molecule has 0 saturated carbocycles. The Morgan fingerprint density at radius 2 is 1.79 bits per heavy atom. The van der Waals surface area contributed by atoms with Gasteiger partial charge >= 0.3 is 6.18 Å². The van der Waals surface area contributed by atoms with Crippen molar-refractivity contribution in [1.29, 1.82) is 0 Å². The molecule has 3 aromatic heterocycles. The molecular weight excluding hydrogens is 450 g/mol. The number of halogens is 4. The molecule has 0 aliphatic rings. The first kappa shape index (κ1) is 22.9. The number of nitrogens with zero attached hydrogens (tertiary/aromatic N) is 6. The minimum absolute atomic E-state index is 0.00583. The maximum atomic E-state index is 14.2. The number of azo groups is 1. The molecule has 7 nitrogen and oxygen atoms in total. The van der Waals surface area contributed by atoms with E-state index in [2.05, 4.69) is 35.5 Å². The van der Waals surface area contributed by atoms with Gasteiger partial charge in [0.1, 0.15) is 12.2 Å². The van der Waals surface area contributed by atoms with Crippen LogP contribution in [0.3, 0.4) is 0 Å². The minimum Gasteiger partial charge on any atom is -0.354 e. The van der Waals surface area contributed by atoms with Crippen LogP contribution < -0.4 is 5.32 Å². The molecule has 0 saturated heterocycles. The Labute approximate surface area is 191 Å². The van der Waals surface area contributed by atoms with Gasteiger partial charge in [0.2, 0.25) is 0 Å². The van der Waals surface area contributed by atoms with Gasteiger partial charge in [-0.1, -0.05) is 6.07 Å². The van der Waals surface area contributed by atoms with Crippen LogP contribution in [0.2, 0.25) is 0 Å². The molecule has 0 atom stereocenters. The van der Waals surface area contributed by atoms with E-state index in [0.29, 0.717) is 16.9 Å². The standard InChI is InChI=1S/C23H17F4N7/c1-14-9-15(7-8-28-14)21-20(24)13-30-22(33-21)34-31-12-18-5-6-19(11-29-18)32-17-4-2-3-16(10-17)23(25,26)27/h2-11,13,32H,12H2,1H3. The van der Waals surface area contributed by atoms with Crippen LogP contribution in [0.25, 0.3) is 11.3 Å². The average Bonchev–Trinajstić information content (AvgIpc) is 2.81. The van der Waals surface area contributed by atoms with Gasteiger partial charge < -0.3 is 5.32 Å². The summed E-state index contributed by atoms with van der Waals surface area (Å²) in [5, 5.41) is 10.8. The first-order chi connectivity index (χ1) is 16.3. The molecule has 4 rings (SSSR count). The fourth-order valence-electron chi connectivity index (χ4n) is 3.00. The lowest BCUT2D eigenvalue weighted by Gasteiger charge is -2.10. The van der Waals surface area contributed by atoms with Crippen molar-refractivity contribution < 1.29 is 17.6 Å². The second-order valence-corrected chi connectivity index (χ2v) is 7.19. The number of hydrogen-bond donors (Lipinski definition) is 1. The van der Waals surface area contributed by atoms with E-state index in [1.165, 1.54) is 18.3 Å². The number of nitrogens with one attached hydrogen (secondary N) is 1. The molecule has 0 spiro atoms. The van der Waals surface area contributed by atoms with E-state index in [4.69, 9.17) is 0 Å². The van der Waals surface area contributed by atoms with Crippen molar-refractivity contribution >= 4 is 17.3 Å². The molecule has 3 heterocycles. The Kier molecular flexibility index (Phi) is 6.53. The van der Waals surface area contributed by atoms with Crippen molar-refractivity contribution in [2.45, 2.75) is 19.6 Å².